The van der Waals surface area contributed by atoms with Crippen LogP contribution in [0.4, 0.5) is 10.2 Å². The van der Waals surface area contributed by atoms with Crippen LogP contribution in [0.25, 0.3) is 0 Å². The second-order valence-corrected chi connectivity index (χ2v) is 4.44. The van der Waals surface area contributed by atoms with E-state index in [-0.39, 0.29) is 18.3 Å². The highest BCUT2D eigenvalue weighted by Gasteiger charge is 2.21. The molecule has 0 spiro atoms. The molecular weight excluding hydrogens is 235 g/mol. The van der Waals surface area contributed by atoms with E-state index in [1.165, 1.54) is 12.3 Å². The molecule has 2 heterocycles. The van der Waals surface area contributed by atoms with Crippen LogP contribution < -0.4 is 4.90 Å². The van der Waals surface area contributed by atoms with Gasteiger partial charge in [-0.2, -0.15) is 0 Å². The van der Waals surface area contributed by atoms with E-state index in [9.17, 15) is 4.39 Å². The molecule has 5 heteroatoms. The van der Waals surface area contributed by atoms with E-state index in [0.29, 0.717) is 18.9 Å². The van der Waals surface area contributed by atoms with Crippen molar-refractivity contribution in [1.29, 1.82) is 0 Å². The molecule has 0 saturated carbocycles. The highest BCUT2D eigenvalue weighted by molar-refractivity contribution is 5.43. The van der Waals surface area contributed by atoms with Crippen molar-refractivity contribution in [2.24, 2.45) is 0 Å². The molecule has 2 rings (SSSR count). The third-order valence-electron chi connectivity index (χ3n) is 3.25. The SMILES string of the molecule is CCN(CC1CCCO1)c1nccc(CO)c1F. The fourth-order valence-corrected chi connectivity index (χ4v) is 2.21. The number of aliphatic hydroxyl groups is 1. The second-order valence-electron chi connectivity index (χ2n) is 4.44. The van der Waals surface area contributed by atoms with Gasteiger partial charge < -0.3 is 14.7 Å². The van der Waals surface area contributed by atoms with Gasteiger partial charge in [-0.3, -0.25) is 0 Å². The van der Waals surface area contributed by atoms with Gasteiger partial charge in [-0.1, -0.05) is 0 Å². The minimum Gasteiger partial charge on any atom is -0.392 e. The van der Waals surface area contributed by atoms with E-state index in [0.717, 1.165) is 19.4 Å². The summed E-state index contributed by atoms with van der Waals surface area (Å²) < 4.78 is 19.6. The zero-order valence-corrected chi connectivity index (χ0v) is 10.6. The van der Waals surface area contributed by atoms with Gasteiger partial charge in [0.05, 0.1) is 12.7 Å². The van der Waals surface area contributed by atoms with Gasteiger partial charge in [0, 0.05) is 31.5 Å². The molecule has 1 aliphatic heterocycles. The molecule has 0 bridgehead atoms. The van der Waals surface area contributed by atoms with Crippen molar-refractivity contribution in [3.63, 3.8) is 0 Å². The molecule has 18 heavy (non-hydrogen) atoms. The Kier molecular flexibility index (Phi) is 4.49. The van der Waals surface area contributed by atoms with Gasteiger partial charge in [0.1, 0.15) is 0 Å². The average Bonchev–Trinajstić information content (AvgIpc) is 2.89. The highest BCUT2D eigenvalue weighted by Crippen LogP contribution is 2.22. The van der Waals surface area contributed by atoms with Crippen LogP contribution in [0.2, 0.25) is 0 Å². The summed E-state index contributed by atoms with van der Waals surface area (Å²) in [4.78, 5) is 5.95. The van der Waals surface area contributed by atoms with E-state index in [2.05, 4.69) is 4.98 Å². The minimum absolute atomic E-state index is 0.156. The van der Waals surface area contributed by atoms with E-state index in [1.54, 1.807) is 0 Å². The largest absolute Gasteiger partial charge is 0.392 e. The number of ether oxygens (including phenoxy) is 1. The van der Waals surface area contributed by atoms with E-state index in [1.807, 2.05) is 11.8 Å². The molecule has 1 atom stereocenters. The molecule has 1 aromatic heterocycles. The van der Waals surface area contributed by atoms with Crippen molar-refractivity contribution in [1.82, 2.24) is 4.98 Å². The normalized spacial score (nSPS) is 19.2. The van der Waals surface area contributed by atoms with Crippen LogP contribution in [-0.2, 0) is 11.3 Å². The lowest BCUT2D eigenvalue weighted by Crippen LogP contribution is -2.33. The molecule has 1 fully saturated rings. The number of nitrogens with zero attached hydrogens (tertiary/aromatic N) is 2. The Bertz CT molecular complexity index is 395. The first kappa shape index (κ1) is 13.2. The Balaban J connectivity index is 2.15. The quantitative estimate of drug-likeness (QED) is 0.869. The molecule has 0 amide bonds. The third-order valence-corrected chi connectivity index (χ3v) is 3.25. The molecule has 1 unspecified atom stereocenters. The summed E-state index contributed by atoms with van der Waals surface area (Å²) in [5.74, 6) is -0.126. The third kappa shape index (κ3) is 2.79. The van der Waals surface area contributed by atoms with E-state index >= 15 is 0 Å². The molecule has 1 saturated heterocycles. The number of anilines is 1. The Morgan fingerprint density at radius 2 is 2.44 bits per heavy atom. The summed E-state index contributed by atoms with van der Waals surface area (Å²) in [5, 5.41) is 9.07. The molecule has 100 valence electrons. The number of aromatic nitrogens is 1. The summed E-state index contributed by atoms with van der Waals surface area (Å²) in [7, 11) is 0. The summed E-state index contributed by atoms with van der Waals surface area (Å²) in [6.07, 6.45) is 3.76. The second kappa shape index (κ2) is 6.11. The van der Waals surface area contributed by atoms with E-state index < -0.39 is 5.82 Å². The van der Waals surface area contributed by atoms with Crippen molar-refractivity contribution in [2.75, 3.05) is 24.6 Å². The average molecular weight is 254 g/mol. The predicted molar refractivity (Wildman–Crippen MR) is 67.0 cm³/mol. The van der Waals surface area contributed by atoms with Crippen LogP contribution in [0.1, 0.15) is 25.3 Å². The first-order valence-electron chi connectivity index (χ1n) is 6.37. The lowest BCUT2D eigenvalue weighted by molar-refractivity contribution is 0.115. The Morgan fingerprint density at radius 1 is 1.61 bits per heavy atom. The molecule has 0 aliphatic carbocycles. The Morgan fingerprint density at radius 3 is 3.06 bits per heavy atom. The van der Waals surface area contributed by atoms with Crippen molar-refractivity contribution < 1.29 is 14.2 Å². The fraction of sp³-hybridized carbons (Fsp3) is 0.615. The number of rotatable bonds is 5. The van der Waals surface area contributed by atoms with Crippen molar-refractivity contribution >= 4 is 5.82 Å². The molecule has 0 aromatic carbocycles. The zero-order valence-electron chi connectivity index (χ0n) is 10.6. The molecule has 0 radical (unpaired) electrons. The summed E-state index contributed by atoms with van der Waals surface area (Å²) in [6.45, 7) is 3.75. The van der Waals surface area contributed by atoms with Crippen LogP contribution in [0.5, 0.6) is 0 Å². The van der Waals surface area contributed by atoms with Crippen molar-refractivity contribution in [3.05, 3.63) is 23.6 Å². The predicted octanol–water partition coefficient (Wildman–Crippen LogP) is 1.72. The first-order valence-corrected chi connectivity index (χ1v) is 6.37. The van der Waals surface area contributed by atoms with Gasteiger partial charge in [0.2, 0.25) is 0 Å². The lowest BCUT2D eigenvalue weighted by atomic mass is 10.2. The molecule has 4 nitrogen and oxygen atoms in total. The number of aliphatic hydroxyl groups excluding tert-OH is 1. The molecule has 1 aromatic rings. The maximum Gasteiger partial charge on any atom is 0.171 e. The van der Waals surface area contributed by atoms with Gasteiger partial charge in [-0.05, 0) is 25.8 Å². The van der Waals surface area contributed by atoms with Crippen LogP contribution in [-0.4, -0.2) is 35.9 Å². The van der Waals surface area contributed by atoms with Crippen LogP contribution in [0, 0.1) is 5.82 Å². The summed E-state index contributed by atoms with van der Waals surface area (Å²) >= 11 is 0. The van der Waals surface area contributed by atoms with Gasteiger partial charge in [0.25, 0.3) is 0 Å². The fourth-order valence-electron chi connectivity index (χ4n) is 2.21. The molecule has 1 aliphatic rings. The maximum absolute atomic E-state index is 14.1. The van der Waals surface area contributed by atoms with Gasteiger partial charge in [-0.15, -0.1) is 0 Å². The Hall–Kier alpha value is -1.20. The van der Waals surface area contributed by atoms with Crippen molar-refractivity contribution in [3.8, 4) is 0 Å². The topological polar surface area (TPSA) is 45.6 Å². The minimum atomic E-state index is -0.431. The van der Waals surface area contributed by atoms with Gasteiger partial charge >= 0.3 is 0 Å². The van der Waals surface area contributed by atoms with Crippen LogP contribution in [0.3, 0.4) is 0 Å². The number of hydrogen-bond donors (Lipinski definition) is 1. The molecular formula is C13H19FN2O2. The van der Waals surface area contributed by atoms with Crippen LogP contribution in [0.15, 0.2) is 12.3 Å². The number of halogens is 1. The highest BCUT2D eigenvalue weighted by atomic mass is 19.1. The van der Waals surface area contributed by atoms with Gasteiger partial charge in [0.15, 0.2) is 11.6 Å². The van der Waals surface area contributed by atoms with E-state index in [4.69, 9.17) is 9.84 Å². The Labute approximate surface area is 106 Å². The lowest BCUT2D eigenvalue weighted by Gasteiger charge is -2.25. The number of pyridine rings is 1. The standard InChI is InChI=1S/C13H19FN2O2/c1-2-16(8-11-4-3-7-18-11)13-12(14)10(9-17)5-6-15-13/h5-6,11,17H,2-4,7-9H2,1H3. The summed E-state index contributed by atoms with van der Waals surface area (Å²) in [5.41, 5.74) is 0.283. The summed E-state index contributed by atoms with van der Waals surface area (Å²) in [6, 6.07) is 1.50. The van der Waals surface area contributed by atoms with Crippen LogP contribution >= 0.6 is 0 Å². The smallest absolute Gasteiger partial charge is 0.171 e. The van der Waals surface area contributed by atoms with Gasteiger partial charge in [-0.25, -0.2) is 9.37 Å². The maximum atomic E-state index is 14.1. The first-order chi connectivity index (χ1) is 8.76. The zero-order chi connectivity index (χ0) is 13.0. The van der Waals surface area contributed by atoms with Crippen molar-refractivity contribution in [2.45, 2.75) is 32.5 Å². The molecule has 1 N–H and O–H groups in total. The number of hydrogen-bond acceptors (Lipinski definition) is 4. The number of likely N-dealkylation sites (N-methyl/N-ethyl adjacent to an activating group) is 1. The monoisotopic (exact) mass is 254 g/mol.